The smallest absolute Gasteiger partial charge is 0.309 e. The molecule has 128 valence electrons. The van der Waals surface area contributed by atoms with Gasteiger partial charge in [0.25, 0.3) is 10.0 Å². The first-order valence-corrected chi connectivity index (χ1v) is 9.36. The first kappa shape index (κ1) is 16.4. The van der Waals surface area contributed by atoms with Gasteiger partial charge in [0.1, 0.15) is 0 Å². The predicted octanol–water partition coefficient (Wildman–Crippen LogP) is 1.43. The van der Waals surface area contributed by atoms with Crippen LogP contribution in [0.25, 0.3) is 0 Å². The number of hydrogen-bond donors (Lipinski definition) is 0. The Morgan fingerprint density at radius 3 is 2.57 bits per heavy atom. The van der Waals surface area contributed by atoms with Gasteiger partial charge in [-0.25, -0.2) is 13.4 Å². The number of esters is 1. The Hall–Kier alpha value is -1.41. The van der Waals surface area contributed by atoms with Gasteiger partial charge >= 0.3 is 5.97 Å². The minimum atomic E-state index is -3.56. The molecule has 0 aromatic carbocycles. The fraction of sp³-hybridized carbons (Fsp3) is 0.733. The SMILES string of the molecule is COC(=O)[C@@H]1CC12CCN(S(=O)(=O)c1cn(C(C)C)cn1)CC2. The van der Waals surface area contributed by atoms with Crippen LogP contribution >= 0.6 is 0 Å². The lowest BCUT2D eigenvalue weighted by atomic mass is 9.92. The molecule has 1 saturated carbocycles. The van der Waals surface area contributed by atoms with Crippen molar-refractivity contribution in [1.82, 2.24) is 13.9 Å². The number of nitrogens with zero attached hydrogens (tertiary/aromatic N) is 3. The van der Waals surface area contributed by atoms with Crippen molar-refractivity contribution in [3.8, 4) is 0 Å². The van der Waals surface area contributed by atoms with E-state index in [0.29, 0.717) is 25.9 Å². The van der Waals surface area contributed by atoms with Gasteiger partial charge in [-0.15, -0.1) is 0 Å². The Bertz CT molecular complexity index is 702. The molecule has 2 heterocycles. The zero-order valence-corrected chi connectivity index (χ0v) is 14.5. The Balaban J connectivity index is 1.68. The Morgan fingerprint density at radius 1 is 1.39 bits per heavy atom. The van der Waals surface area contributed by atoms with Gasteiger partial charge < -0.3 is 9.30 Å². The summed E-state index contributed by atoms with van der Waals surface area (Å²) < 4.78 is 33.4. The van der Waals surface area contributed by atoms with Gasteiger partial charge in [0.05, 0.1) is 19.4 Å². The van der Waals surface area contributed by atoms with Crippen molar-refractivity contribution in [2.45, 2.75) is 44.2 Å². The van der Waals surface area contributed by atoms with Gasteiger partial charge in [0.2, 0.25) is 0 Å². The van der Waals surface area contributed by atoms with Gasteiger partial charge in [-0.3, -0.25) is 4.79 Å². The second-order valence-corrected chi connectivity index (χ2v) is 8.68. The summed E-state index contributed by atoms with van der Waals surface area (Å²) in [4.78, 5) is 15.7. The lowest BCUT2D eigenvalue weighted by molar-refractivity contribution is -0.143. The number of ether oxygens (including phenoxy) is 1. The number of piperidine rings is 1. The number of methoxy groups -OCH3 is 1. The number of carbonyl (C=O) groups excluding carboxylic acids is 1. The molecule has 0 bridgehead atoms. The predicted molar refractivity (Wildman–Crippen MR) is 83.2 cm³/mol. The molecule has 0 amide bonds. The number of rotatable bonds is 4. The van der Waals surface area contributed by atoms with Gasteiger partial charge in [-0.2, -0.15) is 4.31 Å². The monoisotopic (exact) mass is 341 g/mol. The molecule has 0 radical (unpaired) electrons. The first-order valence-electron chi connectivity index (χ1n) is 7.92. The highest BCUT2D eigenvalue weighted by Gasteiger charge is 2.60. The molecule has 1 atom stereocenters. The quantitative estimate of drug-likeness (QED) is 0.774. The summed E-state index contributed by atoms with van der Waals surface area (Å²) in [5, 5.41) is 0.0995. The van der Waals surface area contributed by atoms with E-state index >= 15 is 0 Å². The maximum absolute atomic E-state index is 12.7. The van der Waals surface area contributed by atoms with Crippen molar-refractivity contribution >= 4 is 16.0 Å². The molecule has 1 aromatic rings. The first-order chi connectivity index (χ1) is 10.8. The van der Waals surface area contributed by atoms with Crippen molar-refractivity contribution in [2.24, 2.45) is 11.3 Å². The summed E-state index contributed by atoms with van der Waals surface area (Å²) in [7, 11) is -2.15. The van der Waals surface area contributed by atoms with Crippen molar-refractivity contribution in [3.63, 3.8) is 0 Å². The maximum Gasteiger partial charge on any atom is 0.309 e. The summed E-state index contributed by atoms with van der Waals surface area (Å²) in [5.41, 5.74) is -0.0452. The molecule has 1 aromatic heterocycles. The lowest BCUT2D eigenvalue weighted by Crippen LogP contribution is -2.40. The largest absolute Gasteiger partial charge is 0.469 e. The summed E-state index contributed by atoms with van der Waals surface area (Å²) in [6.45, 7) is 4.82. The molecule has 8 heteroatoms. The van der Waals surface area contributed by atoms with Crippen molar-refractivity contribution in [1.29, 1.82) is 0 Å². The van der Waals surface area contributed by atoms with E-state index in [0.717, 1.165) is 6.42 Å². The molecule has 2 aliphatic rings. The average molecular weight is 341 g/mol. The van der Waals surface area contributed by atoms with Crippen LogP contribution in [0.2, 0.25) is 0 Å². The summed E-state index contributed by atoms with van der Waals surface area (Å²) in [5.74, 6) is -0.227. The third kappa shape index (κ3) is 2.78. The highest BCUT2D eigenvalue weighted by molar-refractivity contribution is 7.89. The Labute approximate surface area is 136 Å². The van der Waals surface area contributed by atoms with E-state index < -0.39 is 10.0 Å². The van der Waals surface area contributed by atoms with Crippen molar-refractivity contribution < 1.29 is 17.9 Å². The van der Waals surface area contributed by atoms with E-state index in [4.69, 9.17) is 4.74 Å². The Morgan fingerprint density at radius 2 is 2.04 bits per heavy atom. The number of sulfonamides is 1. The zero-order chi connectivity index (χ0) is 16.8. The normalized spacial score (nSPS) is 24.1. The van der Waals surface area contributed by atoms with Gasteiger partial charge in [-0.1, -0.05) is 0 Å². The highest BCUT2D eigenvalue weighted by Crippen LogP contribution is 2.60. The second kappa shape index (κ2) is 5.59. The third-order valence-electron chi connectivity index (χ3n) is 5.17. The minimum Gasteiger partial charge on any atom is -0.469 e. The fourth-order valence-electron chi connectivity index (χ4n) is 3.41. The molecule has 23 heavy (non-hydrogen) atoms. The van der Waals surface area contributed by atoms with E-state index in [2.05, 4.69) is 4.98 Å². The number of imidazole rings is 1. The number of hydrogen-bond acceptors (Lipinski definition) is 5. The third-order valence-corrected chi connectivity index (χ3v) is 6.96. The molecular weight excluding hydrogens is 318 g/mol. The van der Waals surface area contributed by atoms with Crippen LogP contribution < -0.4 is 0 Å². The molecule has 7 nitrogen and oxygen atoms in total. The maximum atomic E-state index is 12.7. The Kier molecular flexibility index (Phi) is 4.00. The molecule has 0 unspecified atom stereocenters. The van der Waals surface area contributed by atoms with Crippen LogP contribution in [0.5, 0.6) is 0 Å². The molecule has 2 fully saturated rings. The van der Waals surface area contributed by atoms with E-state index in [-0.39, 0.29) is 28.4 Å². The van der Waals surface area contributed by atoms with Gasteiger partial charge in [0, 0.05) is 25.3 Å². The second-order valence-electron chi connectivity index (χ2n) is 6.80. The van der Waals surface area contributed by atoms with Gasteiger partial charge in [0.15, 0.2) is 5.03 Å². The molecule has 0 N–H and O–H groups in total. The molecule has 1 aliphatic heterocycles. The van der Waals surface area contributed by atoms with Gasteiger partial charge in [-0.05, 0) is 38.5 Å². The standard InChI is InChI=1S/C15H23N3O4S/c1-11(2)17-9-13(16-10-17)23(20,21)18-6-4-15(5-7-18)8-12(15)14(19)22-3/h9-12H,4-8H2,1-3H3/t12-/m0/s1. The van der Waals surface area contributed by atoms with E-state index in [1.165, 1.54) is 11.4 Å². The van der Waals surface area contributed by atoms with Crippen molar-refractivity contribution in [2.75, 3.05) is 20.2 Å². The highest BCUT2D eigenvalue weighted by atomic mass is 32.2. The summed E-state index contributed by atoms with van der Waals surface area (Å²) in [6.07, 6.45) is 5.36. The summed E-state index contributed by atoms with van der Waals surface area (Å²) in [6, 6.07) is 0.170. The minimum absolute atomic E-state index is 0.0452. The van der Waals surface area contributed by atoms with Crippen LogP contribution in [0.4, 0.5) is 0 Å². The molecule has 1 spiro atoms. The number of aromatic nitrogens is 2. The fourth-order valence-corrected chi connectivity index (χ4v) is 4.78. The van der Waals surface area contributed by atoms with Crippen LogP contribution in [-0.4, -0.2) is 48.4 Å². The lowest BCUT2D eigenvalue weighted by Gasteiger charge is -2.31. The van der Waals surface area contributed by atoms with E-state index in [1.807, 2.05) is 13.8 Å². The van der Waals surface area contributed by atoms with Crippen molar-refractivity contribution in [3.05, 3.63) is 12.5 Å². The van der Waals surface area contributed by atoms with Crippen LogP contribution in [0.1, 0.15) is 39.2 Å². The van der Waals surface area contributed by atoms with E-state index in [1.54, 1.807) is 17.1 Å². The van der Waals surface area contributed by atoms with E-state index in [9.17, 15) is 13.2 Å². The molecule has 3 rings (SSSR count). The zero-order valence-electron chi connectivity index (χ0n) is 13.7. The molecular formula is C15H23N3O4S. The van der Waals surface area contributed by atoms with Crippen LogP contribution in [-0.2, 0) is 19.6 Å². The topological polar surface area (TPSA) is 81.5 Å². The van der Waals surface area contributed by atoms with Crippen LogP contribution in [0.3, 0.4) is 0 Å². The molecule has 1 aliphatic carbocycles. The van der Waals surface area contributed by atoms with Crippen LogP contribution in [0.15, 0.2) is 17.6 Å². The number of carbonyl (C=O) groups is 1. The van der Waals surface area contributed by atoms with Crippen LogP contribution in [0, 0.1) is 11.3 Å². The summed E-state index contributed by atoms with van der Waals surface area (Å²) >= 11 is 0. The average Bonchev–Trinajstić information content (AvgIpc) is 3.00. The molecule has 1 saturated heterocycles.